The van der Waals surface area contributed by atoms with E-state index in [4.69, 9.17) is 9.84 Å². The van der Waals surface area contributed by atoms with Crippen molar-refractivity contribution in [3.8, 4) is 17.2 Å². The number of aliphatic carboxylic acids is 1. The highest BCUT2D eigenvalue weighted by Crippen LogP contribution is 2.24. The lowest BCUT2D eigenvalue weighted by Crippen LogP contribution is -2.37. The van der Waals surface area contributed by atoms with E-state index in [-0.39, 0.29) is 17.1 Å². The molecular weight excluding hydrogens is 324 g/mol. The molecule has 0 aromatic heterocycles. The third kappa shape index (κ3) is 4.60. The van der Waals surface area contributed by atoms with Crippen LogP contribution in [-0.4, -0.2) is 32.7 Å². The number of ether oxygens (including phenoxy) is 1. The van der Waals surface area contributed by atoms with Crippen molar-refractivity contribution >= 4 is 17.8 Å². The van der Waals surface area contributed by atoms with Crippen molar-refractivity contribution in [2.75, 3.05) is 0 Å². The molecule has 0 aliphatic heterocycles. The number of phenolic OH excluding ortho intramolecular Hbond substituents is 2. The van der Waals surface area contributed by atoms with Gasteiger partial charge in [-0.25, -0.2) is 4.79 Å². The van der Waals surface area contributed by atoms with E-state index in [1.54, 1.807) is 30.3 Å². The number of hydrogen-bond donors (Lipinski definition) is 3. The fraction of sp³-hybridized carbons (Fsp3) is 0.158. The number of carboxylic acids is 1. The van der Waals surface area contributed by atoms with Gasteiger partial charge in [-0.05, 0) is 49.8 Å². The molecular formula is C19H18O6. The summed E-state index contributed by atoms with van der Waals surface area (Å²) in [5.74, 6) is -1.51. The number of phenols is 2. The van der Waals surface area contributed by atoms with E-state index in [2.05, 4.69) is 0 Å². The van der Waals surface area contributed by atoms with Crippen molar-refractivity contribution in [2.45, 2.75) is 19.4 Å². The summed E-state index contributed by atoms with van der Waals surface area (Å²) in [6, 6.07) is 10.3. The van der Waals surface area contributed by atoms with Gasteiger partial charge in [0.25, 0.3) is 0 Å². The highest BCUT2D eigenvalue weighted by atomic mass is 16.5. The zero-order valence-electron chi connectivity index (χ0n) is 13.8. The van der Waals surface area contributed by atoms with Gasteiger partial charge < -0.3 is 20.1 Å². The van der Waals surface area contributed by atoms with Crippen molar-refractivity contribution < 1.29 is 29.6 Å². The summed E-state index contributed by atoms with van der Waals surface area (Å²) in [4.78, 5) is 23.1. The Morgan fingerprint density at radius 1 is 1.04 bits per heavy atom. The van der Waals surface area contributed by atoms with Crippen LogP contribution in [-0.2, 0) is 4.79 Å². The van der Waals surface area contributed by atoms with E-state index >= 15 is 0 Å². The largest absolute Gasteiger partial charge is 0.508 e. The van der Waals surface area contributed by atoms with Crippen LogP contribution in [0.5, 0.6) is 17.2 Å². The van der Waals surface area contributed by atoms with Crippen molar-refractivity contribution in [3.63, 3.8) is 0 Å². The Morgan fingerprint density at radius 3 is 2.24 bits per heavy atom. The van der Waals surface area contributed by atoms with Crippen LogP contribution in [0.15, 0.2) is 48.5 Å². The molecule has 2 aromatic rings. The lowest BCUT2D eigenvalue weighted by Gasteiger charge is -2.21. The minimum atomic E-state index is -1.34. The molecule has 6 nitrogen and oxygen atoms in total. The predicted molar refractivity (Wildman–Crippen MR) is 91.9 cm³/mol. The maximum absolute atomic E-state index is 12.1. The van der Waals surface area contributed by atoms with Crippen LogP contribution in [0.4, 0.5) is 0 Å². The lowest BCUT2D eigenvalue weighted by molar-refractivity contribution is -0.152. The van der Waals surface area contributed by atoms with E-state index in [9.17, 15) is 19.8 Å². The number of carboxylic acid groups (broad SMARTS) is 1. The average molecular weight is 342 g/mol. The second-order valence-corrected chi connectivity index (χ2v) is 5.89. The lowest BCUT2D eigenvalue weighted by atomic mass is 10.1. The van der Waals surface area contributed by atoms with Gasteiger partial charge in [0.2, 0.25) is 0 Å². The minimum absolute atomic E-state index is 0.0808. The predicted octanol–water partition coefficient (Wildman–Crippen LogP) is 3.24. The van der Waals surface area contributed by atoms with E-state index in [0.717, 1.165) is 6.07 Å². The number of rotatable bonds is 6. The first kappa shape index (κ1) is 18.1. The SMILES string of the molecule is CC(C)(Oc1ccc(/C=C/C(=O)c2ccc(O)cc2O)cc1)C(=O)O. The standard InChI is InChI=1S/C19H18O6/c1-19(2,18(23)24)25-14-7-3-12(4-8-14)5-10-16(21)15-9-6-13(20)11-17(15)22/h3-11,20,22H,1-2H3,(H,23,24)/b10-5+. The van der Waals surface area contributed by atoms with Crippen LogP contribution < -0.4 is 4.74 Å². The molecule has 2 rings (SSSR count). The Bertz CT molecular complexity index is 818. The summed E-state index contributed by atoms with van der Waals surface area (Å²) in [6.45, 7) is 2.90. The van der Waals surface area contributed by atoms with Crippen LogP contribution in [0, 0.1) is 0 Å². The highest BCUT2D eigenvalue weighted by molar-refractivity contribution is 6.08. The summed E-state index contributed by atoms with van der Waals surface area (Å²) in [5, 5.41) is 27.9. The van der Waals surface area contributed by atoms with Gasteiger partial charge in [0.1, 0.15) is 17.2 Å². The fourth-order valence-corrected chi connectivity index (χ4v) is 1.98. The first-order valence-corrected chi connectivity index (χ1v) is 7.46. The van der Waals surface area contributed by atoms with Gasteiger partial charge in [-0.2, -0.15) is 0 Å². The molecule has 0 aliphatic carbocycles. The molecule has 3 N–H and O–H groups in total. The average Bonchev–Trinajstić information content (AvgIpc) is 2.53. The molecule has 130 valence electrons. The van der Waals surface area contributed by atoms with Crippen molar-refractivity contribution in [1.29, 1.82) is 0 Å². The first-order valence-electron chi connectivity index (χ1n) is 7.46. The van der Waals surface area contributed by atoms with E-state index in [1.165, 1.54) is 32.1 Å². The van der Waals surface area contributed by atoms with E-state index in [1.807, 2.05) is 0 Å². The Labute approximate surface area is 144 Å². The van der Waals surface area contributed by atoms with Gasteiger partial charge >= 0.3 is 5.97 Å². The Morgan fingerprint density at radius 2 is 1.68 bits per heavy atom. The van der Waals surface area contributed by atoms with Gasteiger partial charge in [-0.1, -0.05) is 18.2 Å². The monoisotopic (exact) mass is 342 g/mol. The van der Waals surface area contributed by atoms with E-state index < -0.39 is 17.4 Å². The Hall–Kier alpha value is -3.28. The summed E-state index contributed by atoms with van der Waals surface area (Å²) < 4.78 is 5.39. The number of benzene rings is 2. The van der Waals surface area contributed by atoms with Gasteiger partial charge in [0.05, 0.1) is 5.56 Å². The number of carbonyl (C=O) groups excluding carboxylic acids is 1. The number of aromatic hydroxyl groups is 2. The smallest absolute Gasteiger partial charge is 0.347 e. The third-order valence-electron chi connectivity index (χ3n) is 3.44. The molecule has 0 unspecified atom stereocenters. The quantitative estimate of drug-likeness (QED) is 0.550. The summed E-state index contributed by atoms with van der Waals surface area (Å²) >= 11 is 0. The molecule has 0 aliphatic rings. The van der Waals surface area contributed by atoms with Gasteiger partial charge in [0.15, 0.2) is 11.4 Å². The van der Waals surface area contributed by atoms with Gasteiger partial charge in [-0.3, -0.25) is 4.79 Å². The number of carbonyl (C=O) groups is 2. The zero-order valence-corrected chi connectivity index (χ0v) is 13.8. The molecule has 2 aromatic carbocycles. The van der Waals surface area contributed by atoms with Crippen LogP contribution in [0.25, 0.3) is 6.08 Å². The van der Waals surface area contributed by atoms with Crippen LogP contribution in [0.1, 0.15) is 29.8 Å². The third-order valence-corrected chi connectivity index (χ3v) is 3.44. The molecule has 0 heterocycles. The van der Waals surface area contributed by atoms with E-state index in [0.29, 0.717) is 11.3 Å². The number of ketones is 1. The summed E-state index contributed by atoms with van der Waals surface area (Å²) in [6.07, 6.45) is 2.85. The molecule has 0 saturated heterocycles. The Kier molecular flexibility index (Phi) is 5.12. The van der Waals surface area contributed by atoms with Gasteiger partial charge in [-0.15, -0.1) is 0 Å². The van der Waals surface area contributed by atoms with Crippen molar-refractivity contribution in [1.82, 2.24) is 0 Å². The molecule has 0 spiro atoms. The number of hydrogen-bond acceptors (Lipinski definition) is 5. The normalized spacial score (nSPS) is 11.4. The summed E-state index contributed by atoms with van der Waals surface area (Å²) in [5.41, 5.74) is -0.562. The topological polar surface area (TPSA) is 104 Å². The highest BCUT2D eigenvalue weighted by Gasteiger charge is 2.29. The maximum atomic E-state index is 12.1. The molecule has 0 bridgehead atoms. The second-order valence-electron chi connectivity index (χ2n) is 5.89. The van der Waals surface area contributed by atoms with Gasteiger partial charge in [0, 0.05) is 6.07 Å². The molecule has 0 atom stereocenters. The minimum Gasteiger partial charge on any atom is -0.508 e. The fourth-order valence-electron chi connectivity index (χ4n) is 1.98. The molecule has 0 saturated carbocycles. The molecule has 25 heavy (non-hydrogen) atoms. The second kappa shape index (κ2) is 7.09. The number of allylic oxidation sites excluding steroid dienone is 1. The van der Waals surface area contributed by atoms with Crippen molar-refractivity contribution in [3.05, 3.63) is 59.7 Å². The van der Waals surface area contributed by atoms with Crippen LogP contribution in [0.2, 0.25) is 0 Å². The first-order chi connectivity index (χ1) is 11.7. The molecule has 0 amide bonds. The zero-order chi connectivity index (χ0) is 18.6. The van der Waals surface area contributed by atoms with Crippen LogP contribution >= 0.6 is 0 Å². The maximum Gasteiger partial charge on any atom is 0.347 e. The van der Waals surface area contributed by atoms with Crippen molar-refractivity contribution in [2.24, 2.45) is 0 Å². The molecule has 0 fully saturated rings. The van der Waals surface area contributed by atoms with Crippen LogP contribution in [0.3, 0.4) is 0 Å². The molecule has 0 radical (unpaired) electrons. The Balaban J connectivity index is 2.09. The molecule has 6 heteroatoms. The summed E-state index contributed by atoms with van der Waals surface area (Å²) in [7, 11) is 0.